The van der Waals surface area contributed by atoms with E-state index in [-0.39, 0.29) is 24.7 Å². The zero-order chi connectivity index (χ0) is 16.2. The van der Waals surface area contributed by atoms with Crippen molar-refractivity contribution in [2.45, 2.75) is 38.1 Å². The molecule has 0 aromatic carbocycles. The van der Waals surface area contributed by atoms with E-state index in [4.69, 9.17) is 0 Å². The van der Waals surface area contributed by atoms with E-state index in [1.165, 1.54) is 24.1 Å². The number of hydrogen-bond acceptors (Lipinski definition) is 5. The Morgan fingerprint density at radius 2 is 2.17 bits per heavy atom. The molecule has 122 valence electrons. The lowest BCUT2D eigenvalue weighted by atomic mass is 10.2. The number of urea groups is 1. The van der Waals surface area contributed by atoms with Crippen LogP contribution in [0.4, 0.5) is 4.79 Å². The van der Waals surface area contributed by atoms with E-state index in [2.05, 4.69) is 20.6 Å². The van der Waals surface area contributed by atoms with Crippen molar-refractivity contribution >= 4 is 17.8 Å². The molecule has 8 nitrogen and oxygen atoms in total. The van der Waals surface area contributed by atoms with Crippen LogP contribution in [-0.4, -0.2) is 45.8 Å². The van der Waals surface area contributed by atoms with Gasteiger partial charge in [0.25, 0.3) is 0 Å². The fourth-order valence-electron chi connectivity index (χ4n) is 2.44. The highest BCUT2D eigenvalue weighted by Gasteiger charge is 2.25. The first kappa shape index (κ1) is 15.4. The van der Waals surface area contributed by atoms with Crippen LogP contribution in [0.25, 0.3) is 0 Å². The van der Waals surface area contributed by atoms with Gasteiger partial charge in [-0.25, -0.2) is 14.8 Å². The topological polar surface area (TPSA) is 104 Å². The van der Waals surface area contributed by atoms with Crippen LogP contribution >= 0.6 is 0 Å². The van der Waals surface area contributed by atoms with Gasteiger partial charge in [0.2, 0.25) is 11.8 Å². The van der Waals surface area contributed by atoms with Crippen molar-refractivity contribution in [1.29, 1.82) is 0 Å². The molecule has 2 heterocycles. The Morgan fingerprint density at radius 3 is 2.91 bits per heavy atom. The van der Waals surface area contributed by atoms with Crippen molar-refractivity contribution < 1.29 is 14.4 Å². The molecule has 1 aromatic heterocycles. The van der Waals surface area contributed by atoms with Crippen LogP contribution in [0.2, 0.25) is 0 Å². The molecular weight excluding hydrogens is 298 g/mol. The number of amides is 4. The largest absolute Gasteiger partial charge is 0.350 e. The summed E-state index contributed by atoms with van der Waals surface area (Å²) in [4.78, 5) is 44.3. The van der Waals surface area contributed by atoms with Crippen molar-refractivity contribution in [3.05, 3.63) is 23.8 Å². The van der Waals surface area contributed by atoms with Crippen LogP contribution in [0, 0.1) is 0 Å². The fourth-order valence-corrected chi connectivity index (χ4v) is 2.44. The zero-order valence-electron chi connectivity index (χ0n) is 12.7. The number of rotatable bonds is 6. The Kier molecular flexibility index (Phi) is 4.50. The standard InChI is InChI=1S/C15H19N5O3/c21-13(3-5-20-6-4-14(22)19-15(20)23)16-8-11-7-12(10-1-2-10)18-9-17-11/h7,9-10H,1-6,8H2,(H,16,21)(H,19,22,23). The number of carbonyl (C=O) groups is 3. The van der Waals surface area contributed by atoms with Crippen LogP contribution in [0.3, 0.4) is 0 Å². The molecule has 1 saturated heterocycles. The number of imide groups is 1. The predicted molar refractivity (Wildman–Crippen MR) is 80.2 cm³/mol. The maximum absolute atomic E-state index is 11.9. The first-order valence-electron chi connectivity index (χ1n) is 7.78. The summed E-state index contributed by atoms with van der Waals surface area (Å²) in [6.07, 6.45) is 4.34. The summed E-state index contributed by atoms with van der Waals surface area (Å²) in [7, 11) is 0. The molecule has 8 heteroatoms. The third kappa shape index (κ3) is 4.24. The molecule has 2 aliphatic rings. The second kappa shape index (κ2) is 6.72. The zero-order valence-corrected chi connectivity index (χ0v) is 12.7. The molecule has 2 N–H and O–H groups in total. The number of carbonyl (C=O) groups excluding carboxylic acids is 3. The Bertz CT molecular complexity index is 629. The molecule has 4 amide bonds. The second-order valence-electron chi connectivity index (χ2n) is 5.83. The Hall–Kier alpha value is -2.51. The molecule has 1 aliphatic carbocycles. The van der Waals surface area contributed by atoms with Gasteiger partial charge in [0.15, 0.2) is 0 Å². The van der Waals surface area contributed by atoms with Gasteiger partial charge in [-0.05, 0) is 18.9 Å². The summed E-state index contributed by atoms with van der Waals surface area (Å²) in [6.45, 7) is 1.00. The first-order chi connectivity index (χ1) is 11.1. The van der Waals surface area contributed by atoms with Crippen LogP contribution in [0.5, 0.6) is 0 Å². The van der Waals surface area contributed by atoms with Gasteiger partial charge in [0.1, 0.15) is 6.33 Å². The van der Waals surface area contributed by atoms with Gasteiger partial charge in [0.05, 0.1) is 12.2 Å². The Morgan fingerprint density at radius 1 is 1.35 bits per heavy atom. The summed E-state index contributed by atoms with van der Waals surface area (Å²) in [5.41, 5.74) is 1.83. The van der Waals surface area contributed by atoms with Gasteiger partial charge < -0.3 is 10.2 Å². The van der Waals surface area contributed by atoms with Gasteiger partial charge in [-0.3, -0.25) is 14.9 Å². The highest BCUT2D eigenvalue weighted by Crippen LogP contribution is 2.38. The third-order valence-corrected chi connectivity index (χ3v) is 3.96. The van der Waals surface area contributed by atoms with E-state index in [9.17, 15) is 14.4 Å². The number of nitrogens with zero attached hydrogens (tertiary/aromatic N) is 3. The average molecular weight is 317 g/mol. The minimum atomic E-state index is -0.432. The SMILES string of the molecule is O=C(CCN1CCC(=O)NC1=O)NCc1cc(C2CC2)ncn1. The lowest BCUT2D eigenvalue weighted by Gasteiger charge is -2.26. The quantitative estimate of drug-likeness (QED) is 0.785. The molecule has 1 aliphatic heterocycles. The smallest absolute Gasteiger partial charge is 0.324 e. The maximum Gasteiger partial charge on any atom is 0.324 e. The van der Waals surface area contributed by atoms with Gasteiger partial charge in [-0.1, -0.05) is 0 Å². The number of hydrogen-bond donors (Lipinski definition) is 2. The van der Waals surface area contributed by atoms with Crippen LogP contribution in [-0.2, 0) is 16.1 Å². The normalized spacial score (nSPS) is 17.8. The molecule has 0 spiro atoms. The molecule has 1 saturated carbocycles. The van der Waals surface area contributed by atoms with Gasteiger partial charge in [-0.15, -0.1) is 0 Å². The summed E-state index contributed by atoms with van der Waals surface area (Å²) in [5, 5.41) is 5.03. The monoisotopic (exact) mass is 317 g/mol. The molecule has 3 rings (SSSR count). The molecule has 2 fully saturated rings. The van der Waals surface area contributed by atoms with Gasteiger partial charge in [0, 0.05) is 37.5 Å². The van der Waals surface area contributed by atoms with E-state index < -0.39 is 6.03 Å². The van der Waals surface area contributed by atoms with Gasteiger partial charge >= 0.3 is 6.03 Å². The van der Waals surface area contributed by atoms with Crippen molar-refractivity contribution in [2.24, 2.45) is 0 Å². The summed E-state index contributed by atoms with van der Waals surface area (Å²) < 4.78 is 0. The molecular formula is C15H19N5O3. The minimum Gasteiger partial charge on any atom is -0.350 e. The summed E-state index contributed by atoms with van der Waals surface area (Å²) in [6, 6.07) is 1.50. The lowest BCUT2D eigenvalue weighted by molar-refractivity contribution is -0.121. The average Bonchev–Trinajstić information content (AvgIpc) is 3.37. The van der Waals surface area contributed by atoms with E-state index in [1.54, 1.807) is 0 Å². The molecule has 23 heavy (non-hydrogen) atoms. The fraction of sp³-hybridized carbons (Fsp3) is 0.533. The highest BCUT2D eigenvalue weighted by atomic mass is 16.2. The summed E-state index contributed by atoms with van der Waals surface area (Å²) >= 11 is 0. The molecule has 1 aromatic rings. The van der Waals surface area contributed by atoms with Crippen LogP contribution < -0.4 is 10.6 Å². The van der Waals surface area contributed by atoms with Crippen LogP contribution in [0.15, 0.2) is 12.4 Å². The number of nitrogens with one attached hydrogen (secondary N) is 2. The molecule has 0 radical (unpaired) electrons. The van der Waals surface area contributed by atoms with E-state index in [0.29, 0.717) is 25.6 Å². The summed E-state index contributed by atoms with van der Waals surface area (Å²) in [5.74, 6) is 0.125. The minimum absolute atomic E-state index is 0.152. The van der Waals surface area contributed by atoms with E-state index >= 15 is 0 Å². The Labute approximate surface area is 133 Å². The van der Waals surface area contributed by atoms with E-state index in [1.807, 2.05) is 6.07 Å². The Balaban J connectivity index is 1.42. The molecule has 0 unspecified atom stereocenters. The number of aromatic nitrogens is 2. The predicted octanol–water partition coefficient (Wildman–Crippen LogP) is 0.302. The van der Waals surface area contributed by atoms with Crippen molar-refractivity contribution in [2.75, 3.05) is 13.1 Å². The van der Waals surface area contributed by atoms with Crippen molar-refractivity contribution in [3.63, 3.8) is 0 Å². The van der Waals surface area contributed by atoms with Crippen molar-refractivity contribution in [1.82, 2.24) is 25.5 Å². The third-order valence-electron chi connectivity index (χ3n) is 3.96. The molecule has 0 atom stereocenters. The van der Waals surface area contributed by atoms with E-state index in [0.717, 1.165) is 11.4 Å². The maximum atomic E-state index is 11.9. The highest BCUT2D eigenvalue weighted by molar-refractivity contribution is 5.96. The first-order valence-corrected chi connectivity index (χ1v) is 7.78. The van der Waals surface area contributed by atoms with Crippen molar-refractivity contribution in [3.8, 4) is 0 Å². The molecule has 0 bridgehead atoms. The van der Waals surface area contributed by atoms with Gasteiger partial charge in [-0.2, -0.15) is 0 Å². The second-order valence-corrected chi connectivity index (χ2v) is 5.83. The van der Waals surface area contributed by atoms with Crippen LogP contribution in [0.1, 0.15) is 43.0 Å². The lowest BCUT2D eigenvalue weighted by Crippen LogP contribution is -2.50.